The lowest BCUT2D eigenvalue weighted by Gasteiger charge is -2.09. The van der Waals surface area contributed by atoms with Gasteiger partial charge in [-0.15, -0.1) is 0 Å². The first-order valence-electron chi connectivity index (χ1n) is 4.28. The van der Waals surface area contributed by atoms with E-state index in [4.69, 9.17) is 0 Å². The van der Waals surface area contributed by atoms with Gasteiger partial charge in [0.1, 0.15) is 0 Å². The van der Waals surface area contributed by atoms with E-state index in [2.05, 4.69) is 48.8 Å². The average molecular weight is 227 g/mol. The third-order valence-electron chi connectivity index (χ3n) is 2.18. The summed E-state index contributed by atoms with van der Waals surface area (Å²) in [5, 5.41) is 1.05. The molecular formula is C11H15Br. The predicted molar refractivity (Wildman–Crippen MR) is 58.2 cm³/mol. The van der Waals surface area contributed by atoms with Gasteiger partial charge in [0.25, 0.3) is 0 Å². The number of alkyl halides is 1. The number of aryl methyl sites for hydroxylation is 3. The highest BCUT2D eigenvalue weighted by atomic mass is 79.9. The molecule has 0 atom stereocenters. The fourth-order valence-electron chi connectivity index (χ4n) is 1.70. The molecule has 0 amide bonds. The van der Waals surface area contributed by atoms with Gasteiger partial charge in [-0.05, 0) is 43.9 Å². The van der Waals surface area contributed by atoms with Crippen LogP contribution >= 0.6 is 15.9 Å². The first-order valence-corrected chi connectivity index (χ1v) is 5.40. The Morgan fingerprint density at radius 3 is 2.00 bits per heavy atom. The Kier molecular flexibility index (Phi) is 3.33. The van der Waals surface area contributed by atoms with Crippen molar-refractivity contribution in [3.8, 4) is 0 Å². The van der Waals surface area contributed by atoms with Gasteiger partial charge in [0.15, 0.2) is 0 Å². The molecule has 0 spiro atoms. The van der Waals surface area contributed by atoms with Crippen LogP contribution in [0.5, 0.6) is 0 Å². The molecule has 0 nitrogen and oxygen atoms in total. The maximum Gasteiger partial charge on any atom is 0.00720 e. The molecule has 0 saturated carbocycles. The highest BCUT2D eigenvalue weighted by Crippen LogP contribution is 2.17. The van der Waals surface area contributed by atoms with Crippen molar-refractivity contribution < 1.29 is 0 Å². The van der Waals surface area contributed by atoms with E-state index in [0.29, 0.717) is 0 Å². The third-order valence-corrected chi connectivity index (χ3v) is 2.58. The van der Waals surface area contributed by atoms with E-state index in [0.717, 1.165) is 11.8 Å². The van der Waals surface area contributed by atoms with Crippen LogP contribution in [0.3, 0.4) is 0 Å². The van der Waals surface area contributed by atoms with Crippen molar-refractivity contribution in [2.24, 2.45) is 0 Å². The lowest BCUT2D eigenvalue weighted by atomic mass is 9.98. The number of rotatable bonds is 2. The molecule has 12 heavy (non-hydrogen) atoms. The van der Waals surface area contributed by atoms with E-state index in [-0.39, 0.29) is 0 Å². The van der Waals surface area contributed by atoms with Gasteiger partial charge < -0.3 is 0 Å². The quantitative estimate of drug-likeness (QED) is 0.678. The fourth-order valence-corrected chi connectivity index (χ4v) is 2.10. The minimum atomic E-state index is 1.05. The van der Waals surface area contributed by atoms with Crippen LogP contribution in [0.2, 0.25) is 0 Å². The lowest BCUT2D eigenvalue weighted by molar-refractivity contribution is 1.09. The zero-order chi connectivity index (χ0) is 9.14. The Bertz CT molecular complexity index is 253. The average Bonchev–Trinajstić information content (AvgIpc) is 1.96. The lowest BCUT2D eigenvalue weighted by Crippen LogP contribution is -1.95. The van der Waals surface area contributed by atoms with Crippen molar-refractivity contribution >= 4 is 15.9 Å². The maximum atomic E-state index is 3.47. The van der Waals surface area contributed by atoms with Crippen molar-refractivity contribution in [3.63, 3.8) is 0 Å². The van der Waals surface area contributed by atoms with Crippen molar-refractivity contribution in [2.45, 2.75) is 27.2 Å². The number of halogens is 1. The molecule has 0 bridgehead atoms. The molecule has 0 heterocycles. The summed E-state index contributed by atoms with van der Waals surface area (Å²) in [5.41, 5.74) is 5.71. The molecule has 1 heteroatoms. The largest absolute Gasteiger partial charge is 0.0924 e. The smallest absolute Gasteiger partial charge is 0.00720 e. The van der Waals surface area contributed by atoms with Crippen molar-refractivity contribution in [1.29, 1.82) is 0 Å². The molecular weight excluding hydrogens is 212 g/mol. The molecule has 1 rings (SSSR count). The van der Waals surface area contributed by atoms with E-state index >= 15 is 0 Å². The Morgan fingerprint density at radius 2 is 1.58 bits per heavy atom. The second-order valence-corrected chi connectivity index (χ2v) is 4.11. The molecule has 0 N–H and O–H groups in total. The fraction of sp³-hybridized carbons (Fsp3) is 0.455. The molecule has 0 unspecified atom stereocenters. The summed E-state index contributed by atoms with van der Waals surface area (Å²) in [7, 11) is 0. The summed E-state index contributed by atoms with van der Waals surface area (Å²) in [6.45, 7) is 6.54. The van der Waals surface area contributed by atoms with Crippen LogP contribution in [0.15, 0.2) is 12.1 Å². The van der Waals surface area contributed by atoms with Gasteiger partial charge >= 0.3 is 0 Å². The standard InChI is InChI=1S/C11H15Br/c1-8-6-9(2)11(4-5-12)10(3)7-8/h6-7H,4-5H2,1-3H3. The minimum Gasteiger partial charge on any atom is -0.0924 e. The molecule has 0 aromatic heterocycles. The highest BCUT2D eigenvalue weighted by molar-refractivity contribution is 9.09. The summed E-state index contributed by atoms with van der Waals surface area (Å²) in [6, 6.07) is 4.51. The van der Waals surface area contributed by atoms with Gasteiger partial charge in [0.05, 0.1) is 0 Å². The van der Waals surface area contributed by atoms with E-state index in [1.807, 2.05) is 0 Å². The molecule has 0 radical (unpaired) electrons. The van der Waals surface area contributed by atoms with Crippen LogP contribution in [-0.4, -0.2) is 5.33 Å². The zero-order valence-corrected chi connectivity index (χ0v) is 9.53. The van der Waals surface area contributed by atoms with E-state index in [1.165, 1.54) is 22.3 Å². The summed E-state index contributed by atoms with van der Waals surface area (Å²) in [6.07, 6.45) is 1.14. The summed E-state index contributed by atoms with van der Waals surface area (Å²) in [4.78, 5) is 0. The number of benzene rings is 1. The topological polar surface area (TPSA) is 0 Å². The molecule has 0 fully saturated rings. The summed E-state index contributed by atoms with van der Waals surface area (Å²) in [5.74, 6) is 0. The second kappa shape index (κ2) is 4.08. The zero-order valence-electron chi connectivity index (χ0n) is 7.95. The molecule has 0 aliphatic carbocycles. The van der Waals surface area contributed by atoms with E-state index in [9.17, 15) is 0 Å². The molecule has 0 saturated heterocycles. The van der Waals surface area contributed by atoms with E-state index in [1.54, 1.807) is 0 Å². The van der Waals surface area contributed by atoms with Gasteiger partial charge in [-0.25, -0.2) is 0 Å². The van der Waals surface area contributed by atoms with Crippen LogP contribution in [0.4, 0.5) is 0 Å². The van der Waals surface area contributed by atoms with Gasteiger partial charge in [0.2, 0.25) is 0 Å². The number of hydrogen-bond acceptors (Lipinski definition) is 0. The second-order valence-electron chi connectivity index (χ2n) is 3.32. The molecule has 66 valence electrons. The monoisotopic (exact) mass is 226 g/mol. The van der Waals surface area contributed by atoms with Crippen LogP contribution in [-0.2, 0) is 6.42 Å². The van der Waals surface area contributed by atoms with Crippen molar-refractivity contribution in [1.82, 2.24) is 0 Å². The van der Waals surface area contributed by atoms with Crippen LogP contribution in [0.25, 0.3) is 0 Å². The van der Waals surface area contributed by atoms with Gasteiger partial charge in [-0.1, -0.05) is 33.6 Å². The Labute approximate surface area is 83.1 Å². The molecule has 1 aromatic rings. The Morgan fingerprint density at radius 1 is 1.08 bits per heavy atom. The normalized spacial score (nSPS) is 10.3. The highest BCUT2D eigenvalue weighted by Gasteiger charge is 2.01. The van der Waals surface area contributed by atoms with Gasteiger partial charge in [-0.2, -0.15) is 0 Å². The van der Waals surface area contributed by atoms with Crippen molar-refractivity contribution in [2.75, 3.05) is 5.33 Å². The Balaban J connectivity index is 3.10. The first kappa shape index (κ1) is 9.79. The molecule has 0 aliphatic rings. The van der Waals surface area contributed by atoms with Crippen LogP contribution in [0, 0.1) is 20.8 Å². The summed E-state index contributed by atoms with van der Waals surface area (Å²) < 4.78 is 0. The maximum absolute atomic E-state index is 3.47. The minimum absolute atomic E-state index is 1.05. The van der Waals surface area contributed by atoms with Crippen molar-refractivity contribution in [3.05, 3.63) is 34.4 Å². The molecule has 0 aliphatic heterocycles. The predicted octanol–water partition coefficient (Wildman–Crippen LogP) is 3.55. The first-order chi connectivity index (χ1) is 5.65. The molecule has 1 aromatic carbocycles. The summed E-state index contributed by atoms with van der Waals surface area (Å²) >= 11 is 3.47. The van der Waals surface area contributed by atoms with Crippen LogP contribution in [0.1, 0.15) is 22.3 Å². The van der Waals surface area contributed by atoms with E-state index < -0.39 is 0 Å². The van der Waals surface area contributed by atoms with Crippen LogP contribution < -0.4 is 0 Å². The van der Waals surface area contributed by atoms with Gasteiger partial charge in [-0.3, -0.25) is 0 Å². The Hall–Kier alpha value is -0.300. The SMILES string of the molecule is Cc1cc(C)c(CCBr)c(C)c1. The van der Waals surface area contributed by atoms with Gasteiger partial charge in [0, 0.05) is 5.33 Å². The third kappa shape index (κ3) is 2.10. The number of hydrogen-bond donors (Lipinski definition) is 0.